The highest BCUT2D eigenvalue weighted by Crippen LogP contribution is 2.33. The Balaban J connectivity index is 2.81. The third-order valence-electron chi connectivity index (χ3n) is 3.62. The van der Waals surface area contributed by atoms with Crippen molar-refractivity contribution in [2.45, 2.75) is 44.3 Å². The minimum absolute atomic E-state index is 0.0418. The third-order valence-corrected chi connectivity index (χ3v) is 4.78. The van der Waals surface area contributed by atoms with Gasteiger partial charge in [-0.25, -0.2) is 0 Å². The molecule has 2 atom stereocenters. The zero-order valence-electron chi connectivity index (χ0n) is 13.8. The van der Waals surface area contributed by atoms with Gasteiger partial charge in [-0.1, -0.05) is 12.8 Å². The molecule has 0 N–H and O–H groups in total. The molecule has 10 heteroatoms. The topological polar surface area (TPSA) is 105 Å². The molecule has 138 valence electrons. The van der Waals surface area contributed by atoms with E-state index in [1.807, 2.05) is 0 Å². The lowest BCUT2D eigenvalue weighted by Crippen LogP contribution is -2.40. The molecule has 0 aliphatic heterocycles. The van der Waals surface area contributed by atoms with E-state index < -0.39 is 32.4 Å². The first-order valence-electron chi connectivity index (χ1n) is 7.45. The third kappa shape index (κ3) is 8.96. The molecule has 0 amide bonds. The van der Waals surface area contributed by atoms with Crippen molar-refractivity contribution < 1.29 is 34.7 Å². The summed E-state index contributed by atoms with van der Waals surface area (Å²) in [5.74, 6) is 0.0461. The van der Waals surface area contributed by atoms with Crippen LogP contribution in [0.3, 0.4) is 0 Å². The molecule has 1 aliphatic rings. The largest absolute Gasteiger partial charge is 0.359 e. The van der Waals surface area contributed by atoms with Gasteiger partial charge in [0.05, 0.1) is 25.2 Å². The van der Waals surface area contributed by atoms with Gasteiger partial charge in [0.15, 0.2) is 0 Å². The van der Waals surface area contributed by atoms with Crippen LogP contribution in [-0.2, 0) is 38.1 Å². The first kappa shape index (κ1) is 20.8. The SMILES string of the molecule is COCO[C@H](CCOS(C)(=O)=O)[C@@H](OS(C)(=O)=O)C1CCCC1. The fraction of sp³-hybridized carbons (Fsp3) is 1.00. The van der Waals surface area contributed by atoms with E-state index >= 15 is 0 Å². The maximum Gasteiger partial charge on any atom is 0.264 e. The monoisotopic (exact) mass is 374 g/mol. The highest BCUT2D eigenvalue weighted by molar-refractivity contribution is 7.86. The minimum Gasteiger partial charge on any atom is -0.359 e. The van der Waals surface area contributed by atoms with Gasteiger partial charge in [0, 0.05) is 13.5 Å². The van der Waals surface area contributed by atoms with Crippen molar-refractivity contribution >= 4 is 20.2 Å². The minimum atomic E-state index is -3.66. The molecule has 1 saturated carbocycles. The summed E-state index contributed by atoms with van der Waals surface area (Å²) in [6, 6.07) is 0. The lowest BCUT2D eigenvalue weighted by molar-refractivity contribution is -0.120. The van der Waals surface area contributed by atoms with Crippen LogP contribution in [0.25, 0.3) is 0 Å². The van der Waals surface area contributed by atoms with E-state index in [4.69, 9.17) is 17.8 Å². The highest BCUT2D eigenvalue weighted by Gasteiger charge is 2.35. The number of rotatable bonds is 11. The lowest BCUT2D eigenvalue weighted by Gasteiger charge is -2.30. The average molecular weight is 374 g/mol. The van der Waals surface area contributed by atoms with E-state index in [0.29, 0.717) is 0 Å². The van der Waals surface area contributed by atoms with Crippen molar-refractivity contribution in [1.29, 1.82) is 0 Å². The molecule has 0 heterocycles. The van der Waals surface area contributed by atoms with Crippen LogP contribution in [0.2, 0.25) is 0 Å². The van der Waals surface area contributed by atoms with Gasteiger partial charge >= 0.3 is 0 Å². The van der Waals surface area contributed by atoms with Crippen LogP contribution < -0.4 is 0 Å². The summed E-state index contributed by atoms with van der Waals surface area (Å²) in [5.41, 5.74) is 0. The van der Waals surface area contributed by atoms with Crippen molar-refractivity contribution in [3.05, 3.63) is 0 Å². The quantitative estimate of drug-likeness (QED) is 0.388. The van der Waals surface area contributed by atoms with Gasteiger partial charge in [-0.2, -0.15) is 16.8 Å². The van der Waals surface area contributed by atoms with Crippen molar-refractivity contribution in [3.8, 4) is 0 Å². The van der Waals surface area contributed by atoms with Crippen molar-refractivity contribution in [1.82, 2.24) is 0 Å². The van der Waals surface area contributed by atoms with E-state index in [9.17, 15) is 16.8 Å². The molecule has 0 aromatic carbocycles. The number of ether oxygens (including phenoxy) is 2. The van der Waals surface area contributed by atoms with E-state index in [-0.39, 0.29) is 25.7 Å². The Kier molecular flexibility index (Phi) is 8.39. The molecule has 1 fully saturated rings. The van der Waals surface area contributed by atoms with Crippen LogP contribution in [-0.4, -0.2) is 62.1 Å². The second kappa shape index (κ2) is 9.28. The first-order chi connectivity index (χ1) is 10.6. The average Bonchev–Trinajstić information content (AvgIpc) is 2.91. The van der Waals surface area contributed by atoms with Crippen molar-refractivity contribution in [2.24, 2.45) is 5.92 Å². The zero-order chi connectivity index (χ0) is 17.5. The van der Waals surface area contributed by atoms with E-state index in [1.54, 1.807) is 0 Å². The lowest BCUT2D eigenvalue weighted by atomic mass is 9.95. The molecular weight excluding hydrogens is 348 g/mol. The molecule has 0 aromatic rings. The molecular formula is C13H26O8S2. The normalized spacial score (nSPS) is 19.8. The van der Waals surface area contributed by atoms with Gasteiger partial charge < -0.3 is 9.47 Å². The van der Waals surface area contributed by atoms with E-state index in [1.165, 1.54) is 7.11 Å². The fourth-order valence-corrected chi connectivity index (χ4v) is 3.83. The summed E-state index contributed by atoms with van der Waals surface area (Å²) in [6.45, 7) is -0.149. The maximum absolute atomic E-state index is 11.6. The Bertz CT molecular complexity index is 536. The summed E-state index contributed by atoms with van der Waals surface area (Å²) in [6.07, 6.45) is 4.54. The van der Waals surface area contributed by atoms with Gasteiger partial charge in [0.2, 0.25) is 0 Å². The Morgan fingerprint density at radius 2 is 1.65 bits per heavy atom. The number of hydrogen-bond acceptors (Lipinski definition) is 8. The predicted molar refractivity (Wildman–Crippen MR) is 83.8 cm³/mol. The molecule has 0 saturated heterocycles. The molecule has 8 nitrogen and oxygen atoms in total. The molecule has 0 radical (unpaired) electrons. The highest BCUT2D eigenvalue weighted by atomic mass is 32.2. The van der Waals surface area contributed by atoms with Crippen LogP contribution in [0.4, 0.5) is 0 Å². The Labute approximate surface area is 138 Å². The standard InChI is InChI=1S/C13H26O8S2/c1-18-10-19-12(8-9-20-22(2,14)15)13(21-23(3,16)17)11-6-4-5-7-11/h11-13H,4-10H2,1-3H3/t12-,13+/m1/s1. The van der Waals surface area contributed by atoms with Crippen LogP contribution in [0.5, 0.6) is 0 Å². The zero-order valence-corrected chi connectivity index (χ0v) is 15.4. The fourth-order valence-electron chi connectivity index (χ4n) is 2.75. The van der Waals surface area contributed by atoms with Gasteiger partial charge in [-0.3, -0.25) is 8.37 Å². The summed E-state index contributed by atoms with van der Waals surface area (Å²) < 4.78 is 65.7. The van der Waals surface area contributed by atoms with Gasteiger partial charge in [-0.15, -0.1) is 0 Å². The van der Waals surface area contributed by atoms with E-state index in [0.717, 1.165) is 38.2 Å². The van der Waals surface area contributed by atoms with Crippen LogP contribution >= 0.6 is 0 Å². The van der Waals surface area contributed by atoms with Crippen molar-refractivity contribution in [2.75, 3.05) is 33.0 Å². The van der Waals surface area contributed by atoms with Crippen LogP contribution in [0.15, 0.2) is 0 Å². The molecule has 0 unspecified atom stereocenters. The van der Waals surface area contributed by atoms with Gasteiger partial charge in [0.25, 0.3) is 20.2 Å². The van der Waals surface area contributed by atoms with Crippen LogP contribution in [0.1, 0.15) is 32.1 Å². The summed E-state index contributed by atoms with van der Waals surface area (Å²) in [4.78, 5) is 0. The second-order valence-electron chi connectivity index (χ2n) is 5.74. The molecule has 23 heavy (non-hydrogen) atoms. The predicted octanol–water partition coefficient (Wildman–Crippen LogP) is 0.877. The Morgan fingerprint density at radius 1 is 1.04 bits per heavy atom. The first-order valence-corrected chi connectivity index (χ1v) is 11.1. The number of hydrogen-bond donors (Lipinski definition) is 0. The van der Waals surface area contributed by atoms with Gasteiger partial charge in [-0.05, 0) is 18.8 Å². The van der Waals surface area contributed by atoms with Gasteiger partial charge in [0.1, 0.15) is 12.9 Å². The summed E-state index contributed by atoms with van der Waals surface area (Å²) in [5, 5.41) is 0. The second-order valence-corrected chi connectivity index (χ2v) is 8.98. The Hall–Kier alpha value is -0.260. The smallest absolute Gasteiger partial charge is 0.264 e. The molecule has 0 aromatic heterocycles. The molecule has 1 rings (SSSR count). The number of methoxy groups -OCH3 is 1. The summed E-state index contributed by atoms with van der Waals surface area (Å²) in [7, 11) is -5.78. The van der Waals surface area contributed by atoms with Crippen molar-refractivity contribution in [3.63, 3.8) is 0 Å². The van der Waals surface area contributed by atoms with Crippen LogP contribution in [0, 0.1) is 5.92 Å². The maximum atomic E-state index is 11.6. The van der Waals surface area contributed by atoms with E-state index in [2.05, 4.69) is 0 Å². The molecule has 0 spiro atoms. The molecule has 1 aliphatic carbocycles. The molecule has 0 bridgehead atoms. The Morgan fingerprint density at radius 3 is 2.13 bits per heavy atom. The summed E-state index contributed by atoms with van der Waals surface area (Å²) >= 11 is 0.